The van der Waals surface area contributed by atoms with Gasteiger partial charge in [-0.15, -0.1) is 0 Å². The zero-order valence-electron chi connectivity index (χ0n) is 10.2. The van der Waals surface area contributed by atoms with Crippen LogP contribution in [-0.4, -0.2) is 9.91 Å². The van der Waals surface area contributed by atoms with Crippen LogP contribution in [0, 0.1) is 10.1 Å². The standard InChI is InChI=1S/C13H12ClN3O2/c1-9(10-5-2-3-6-11(10)14)16-13-12(17(18)19)7-4-8-15-13/h2-9H,1H3,(H,15,16). The highest BCUT2D eigenvalue weighted by molar-refractivity contribution is 6.31. The van der Waals surface area contributed by atoms with Gasteiger partial charge in [0.05, 0.1) is 11.0 Å². The molecule has 1 atom stereocenters. The van der Waals surface area contributed by atoms with Crippen molar-refractivity contribution in [3.63, 3.8) is 0 Å². The molecule has 98 valence electrons. The van der Waals surface area contributed by atoms with Gasteiger partial charge in [-0.3, -0.25) is 10.1 Å². The summed E-state index contributed by atoms with van der Waals surface area (Å²) >= 11 is 6.09. The first-order valence-electron chi connectivity index (χ1n) is 5.70. The predicted octanol–water partition coefficient (Wildman–Crippen LogP) is 3.82. The summed E-state index contributed by atoms with van der Waals surface area (Å²) in [6.45, 7) is 1.87. The third kappa shape index (κ3) is 3.00. The van der Waals surface area contributed by atoms with E-state index < -0.39 is 4.92 Å². The normalized spacial score (nSPS) is 11.9. The van der Waals surface area contributed by atoms with Crippen molar-refractivity contribution >= 4 is 23.1 Å². The van der Waals surface area contributed by atoms with Gasteiger partial charge in [0.2, 0.25) is 5.82 Å². The highest BCUT2D eigenvalue weighted by Crippen LogP contribution is 2.28. The van der Waals surface area contributed by atoms with E-state index in [4.69, 9.17) is 11.6 Å². The number of nitrogens with one attached hydrogen (secondary N) is 1. The van der Waals surface area contributed by atoms with Gasteiger partial charge in [-0.05, 0) is 24.6 Å². The van der Waals surface area contributed by atoms with Gasteiger partial charge in [0, 0.05) is 17.3 Å². The lowest BCUT2D eigenvalue weighted by Gasteiger charge is -2.15. The summed E-state index contributed by atoms with van der Waals surface area (Å²) in [5.74, 6) is 0.236. The van der Waals surface area contributed by atoms with E-state index in [1.165, 1.54) is 18.3 Å². The lowest BCUT2D eigenvalue weighted by Crippen LogP contribution is -2.10. The summed E-state index contributed by atoms with van der Waals surface area (Å²) in [6.07, 6.45) is 1.51. The predicted molar refractivity (Wildman–Crippen MR) is 74.4 cm³/mol. The quantitative estimate of drug-likeness (QED) is 0.681. The Labute approximate surface area is 115 Å². The number of nitro groups is 1. The van der Waals surface area contributed by atoms with Gasteiger partial charge < -0.3 is 5.32 Å². The van der Waals surface area contributed by atoms with E-state index in [1.807, 2.05) is 25.1 Å². The Hall–Kier alpha value is -2.14. The molecule has 0 aliphatic rings. The van der Waals surface area contributed by atoms with E-state index in [9.17, 15) is 10.1 Å². The van der Waals surface area contributed by atoms with E-state index in [-0.39, 0.29) is 17.5 Å². The molecule has 0 fully saturated rings. The largest absolute Gasteiger partial charge is 0.358 e. The summed E-state index contributed by atoms with van der Waals surface area (Å²) < 4.78 is 0. The summed E-state index contributed by atoms with van der Waals surface area (Å²) in [5.41, 5.74) is 0.811. The molecule has 0 aliphatic heterocycles. The fourth-order valence-electron chi connectivity index (χ4n) is 1.76. The van der Waals surface area contributed by atoms with E-state index in [0.717, 1.165) is 5.56 Å². The molecule has 0 amide bonds. The van der Waals surface area contributed by atoms with Gasteiger partial charge in [-0.2, -0.15) is 0 Å². The maximum absolute atomic E-state index is 10.9. The molecule has 1 unspecified atom stereocenters. The molecule has 19 heavy (non-hydrogen) atoms. The van der Waals surface area contributed by atoms with Crippen LogP contribution in [0.2, 0.25) is 5.02 Å². The number of nitrogens with zero attached hydrogens (tertiary/aromatic N) is 2. The van der Waals surface area contributed by atoms with Gasteiger partial charge >= 0.3 is 5.69 Å². The maximum atomic E-state index is 10.9. The molecule has 6 heteroatoms. The van der Waals surface area contributed by atoms with Gasteiger partial charge in [-0.25, -0.2) is 4.98 Å². The van der Waals surface area contributed by atoms with Crippen LogP contribution in [0.1, 0.15) is 18.5 Å². The first-order chi connectivity index (χ1) is 9.09. The van der Waals surface area contributed by atoms with Crippen molar-refractivity contribution in [2.24, 2.45) is 0 Å². The molecule has 1 aromatic carbocycles. The van der Waals surface area contributed by atoms with Crippen molar-refractivity contribution in [2.75, 3.05) is 5.32 Å². The molecule has 0 spiro atoms. The molecule has 1 aromatic heterocycles. The Morgan fingerprint density at radius 3 is 2.74 bits per heavy atom. The number of anilines is 1. The van der Waals surface area contributed by atoms with Crippen LogP contribution in [0.3, 0.4) is 0 Å². The van der Waals surface area contributed by atoms with E-state index >= 15 is 0 Å². The Morgan fingerprint density at radius 1 is 1.32 bits per heavy atom. The Morgan fingerprint density at radius 2 is 2.05 bits per heavy atom. The lowest BCUT2D eigenvalue weighted by atomic mass is 10.1. The topological polar surface area (TPSA) is 68.1 Å². The number of aromatic nitrogens is 1. The fraction of sp³-hybridized carbons (Fsp3) is 0.154. The average molecular weight is 278 g/mol. The van der Waals surface area contributed by atoms with Crippen molar-refractivity contribution < 1.29 is 4.92 Å². The number of halogens is 1. The van der Waals surface area contributed by atoms with Crippen molar-refractivity contribution in [3.8, 4) is 0 Å². The minimum Gasteiger partial charge on any atom is -0.358 e. The molecular weight excluding hydrogens is 266 g/mol. The van der Waals surface area contributed by atoms with Gasteiger partial charge in [0.25, 0.3) is 0 Å². The Bertz CT molecular complexity index is 604. The highest BCUT2D eigenvalue weighted by Gasteiger charge is 2.17. The van der Waals surface area contributed by atoms with Crippen LogP contribution < -0.4 is 5.32 Å². The van der Waals surface area contributed by atoms with Crippen LogP contribution in [-0.2, 0) is 0 Å². The van der Waals surface area contributed by atoms with Crippen molar-refractivity contribution in [1.29, 1.82) is 0 Å². The van der Waals surface area contributed by atoms with Crippen LogP contribution in [0.4, 0.5) is 11.5 Å². The summed E-state index contributed by atoms with van der Waals surface area (Å²) in [5, 5.41) is 14.5. The van der Waals surface area contributed by atoms with Crippen molar-refractivity contribution in [2.45, 2.75) is 13.0 Å². The highest BCUT2D eigenvalue weighted by atomic mass is 35.5. The minimum atomic E-state index is -0.464. The third-order valence-corrected chi connectivity index (χ3v) is 3.05. The fourth-order valence-corrected chi connectivity index (χ4v) is 2.06. The van der Waals surface area contributed by atoms with Gasteiger partial charge in [0.15, 0.2) is 0 Å². The molecule has 0 aliphatic carbocycles. The molecular formula is C13H12ClN3O2. The molecule has 2 rings (SSSR count). The summed E-state index contributed by atoms with van der Waals surface area (Å²) in [4.78, 5) is 14.4. The lowest BCUT2D eigenvalue weighted by molar-refractivity contribution is -0.384. The Balaban J connectivity index is 2.27. The zero-order valence-corrected chi connectivity index (χ0v) is 11.0. The molecule has 2 aromatic rings. The number of hydrogen-bond donors (Lipinski definition) is 1. The molecule has 1 heterocycles. The summed E-state index contributed by atoms with van der Waals surface area (Å²) in [6, 6.07) is 10.1. The zero-order chi connectivity index (χ0) is 13.8. The third-order valence-electron chi connectivity index (χ3n) is 2.71. The van der Waals surface area contributed by atoms with Gasteiger partial charge in [0.1, 0.15) is 0 Å². The molecule has 0 radical (unpaired) electrons. The van der Waals surface area contributed by atoms with Crippen LogP contribution >= 0.6 is 11.6 Å². The monoisotopic (exact) mass is 277 g/mol. The van der Waals surface area contributed by atoms with Crippen molar-refractivity contribution in [1.82, 2.24) is 4.98 Å². The second-order valence-electron chi connectivity index (χ2n) is 4.02. The van der Waals surface area contributed by atoms with Crippen LogP contribution in [0.15, 0.2) is 42.6 Å². The second-order valence-corrected chi connectivity index (χ2v) is 4.42. The number of rotatable bonds is 4. The number of hydrogen-bond acceptors (Lipinski definition) is 4. The molecule has 0 bridgehead atoms. The maximum Gasteiger partial charge on any atom is 0.311 e. The van der Waals surface area contributed by atoms with E-state index in [2.05, 4.69) is 10.3 Å². The van der Waals surface area contributed by atoms with Crippen LogP contribution in [0.25, 0.3) is 0 Å². The van der Waals surface area contributed by atoms with Crippen molar-refractivity contribution in [3.05, 3.63) is 63.3 Å². The molecule has 0 saturated heterocycles. The molecule has 5 nitrogen and oxygen atoms in total. The van der Waals surface area contributed by atoms with Gasteiger partial charge in [-0.1, -0.05) is 29.8 Å². The molecule has 1 N–H and O–H groups in total. The number of pyridine rings is 1. The van der Waals surface area contributed by atoms with E-state index in [1.54, 1.807) is 6.07 Å². The smallest absolute Gasteiger partial charge is 0.311 e. The second kappa shape index (κ2) is 5.67. The first kappa shape index (κ1) is 13.3. The average Bonchev–Trinajstić information content (AvgIpc) is 2.39. The van der Waals surface area contributed by atoms with Crippen LogP contribution in [0.5, 0.6) is 0 Å². The summed E-state index contributed by atoms with van der Waals surface area (Å²) in [7, 11) is 0. The minimum absolute atomic E-state index is 0.0543. The Kier molecular flexibility index (Phi) is 3.97. The SMILES string of the molecule is CC(Nc1ncccc1[N+](=O)[O-])c1ccccc1Cl. The number of benzene rings is 1. The molecule has 0 saturated carbocycles. The first-order valence-corrected chi connectivity index (χ1v) is 6.07. The van der Waals surface area contributed by atoms with E-state index in [0.29, 0.717) is 5.02 Å².